The molecule has 2 aliphatic carbocycles. The van der Waals surface area contributed by atoms with Gasteiger partial charge >= 0.3 is 0 Å². The Labute approximate surface area is 174 Å². The molecule has 6 rings (SSSR count). The van der Waals surface area contributed by atoms with Crippen molar-refractivity contribution in [1.82, 2.24) is 4.90 Å². The van der Waals surface area contributed by atoms with E-state index in [9.17, 15) is 5.11 Å². The van der Waals surface area contributed by atoms with E-state index in [1.54, 1.807) is 7.11 Å². The summed E-state index contributed by atoms with van der Waals surface area (Å²) in [4.78, 5) is 2.74. The summed E-state index contributed by atoms with van der Waals surface area (Å²) in [6, 6.07) is 18.5. The van der Waals surface area contributed by atoms with Crippen LogP contribution in [0.3, 0.4) is 0 Å². The topological polar surface area (TPSA) is 32.7 Å². The van der Waals surface area contributed by atoms with Crippen LogP contribution in [-0.2, 0) is 18.4 Å². The molecule has 154 valence electrons. The average Bonchev–Trinajstić information content (AvgIpc) is 2.70. The van der Waals surface area contributed by atoms with Crippen molar-refractivity contribution in [2.24, 2.45) is 11.8 Å². The van der Waals surface area contributed by atoms with Crippen LogP contribution in [0.15, 0.2) is 48.5 Å². The molecule has 1 N–H and O–H groups in total. The molecule has 4 aliphatic rings. The largest absolute Gasteiger partial charge is 0.497 e. The van der Waals surface area contributed by atoms with Gasteiger partial charge < -0.3 is 9.84 Å². The monoisotopic (exact) mass is 391 g/mol. The molecule has 5 atom stereocenters. The number of rotatable bonds is 4. The second kappa shape index (κ2) is 6.58. The van der Waals surface area contributed by atoms with Gasteiger partial charge in [-0.25, -0.2) is 0 Å². The summed E-state index contributed by atoms with van der Waals surface area (Å²) >= 11 is 0. The van der Waals surface area contributed by atoms with Crippen LogP contribution >= 0.6 is 0 Å². The summed E-state index contributed by atoms with van der Waals surface area (Å²) in [7, 11) is 1.76. The highest BCUT2D eigenvalue weighted by Gasteiger charge is 2.61. The molecule has 2 heterocycles. The number of fused-ring (bicyclic) bond motifs is 2. The highest BCUT2D eigenvalue weighted by Crippen LogP contribution is 2.60. The smallest absolute Gasteiger partial charge is 0.119 e. The molecule has 3 nitrogen and oxygen atoms in total. The van der Waals surface area contributed by atoms with Crippen molar-refractivity contribution < 1.29 is 9.84 Å². The molecule has 1 saturated carbocycles. The Morgan fingerprint density at radius 1 is 1.14 bits per heavy atom. The van der Waals surface area contributed by atoms with E-state index in [2.05, 4.69) is 60.4 Å². The van der Waals surface area contributed by atoms with E-state index in [1.165, 1.54) is 16.7 Å². The zero-order valence-electron chi connectivity index (χ0n) is 18.1. The van der Waals surface area contributed by atoms with E-state index in [0.29, 0.717) is 23.9 Å². The van der Waals surface area contributed by atoms with Crippen LogP contribution in [0.5, 0.6) is 5.75 Å². The Morgan fingerprint density at radius 3 is 2.59 bits per heavy atom. The molecule has 2 saturated heterocycles. The number of nitrogens with zero attached hydrogens (tertiary/aromatic N) is 1. The van der Waals surface area contributed by atoms with Gasteiger partial charge in [0, 0.05) is 24.5 Å². The SMILES string of the molecule is COc1ccc2c(c1)C1(C)CC3C(C(C)(C)O)CC1C(C2)N3Cc1ccccc1. The van der Waals surface area contributed by atoms with Gasteiger partial charge in [0.1, 0.15) is 5.75 Å². The highest BCUT2D eigenvalue weighted by atomic mass is 16.5. The van der Waals surface area contributed by atoms with Crippen molar-refractivity contribution in [3.05, 3.63) is 65.2 Å². The number of benzene rings is 2. The number of hydrogen-bond donors (Lipinski definition) is 1. The van der Waals surface area contributed by atoms with E-state index in [-0.39, 0.29) is 5.41 Å². The van der Waals surface area contributed by atoms with E-state index >= 15 is 0 Å². The lowest BCUT2D eigenvalue weighted by Gasteiger charge is -2.66. The maximum absolute atomic E-state index is 11.0. The van der Waals surface area contributed by atoms with Crippen molar-refractivity contribution in [3.63, 3.8) is 0 Å². The molecule has 4 bridgehead atoms. The molecule has 29 heavy (non-hydrogen) atoms. The molecule has 3 heteroatoms. The quantitative estimate of drug-likeness (QED) is 0.829. The van der Waals surface area contributed by atoms with E-state index in [4.69, 9.17) is 4.74 Å². The van der Waals surface area contributed by atoms with Crippen molar-refractivity contribution in [2.75, 3.05) is 7.11 Å². The van der Waals surface area contributed by atoms with Crippen LogP contribution in [0.25, 0.3) is 0 Å². The third-order valence-corrected chi connectivity index (χ3v) is 8.22. The zero-order valence-corrected chi connectivity index (χ0v) is 18.1. The summed E-state index contributed by atoms with van der Waals surface area (Å²) in [6.45, 7) is 7.46. The number of ether oxygens (including phenoxy) is 1. The standard InChI is InChI=1S/C26H33NO2/c1-25(2,28)21-14-22-23-12-18-10-11-19(29-4)13-20(18)26(22,3)15-24(21)27(23)16-17-8-6-5-7-9-17/h5-11,13,21-24,28H,12,14-16H2,1-4H3. The van der Waals surface area contributed by atoms with Crippen LogP contribution in [-0.4, -0.2) is 34.8 Å². The van der Waals surface area contributed by atoms with Gasteiger partial charge in [0.15, 0.2) is 0 Å². The fourth-order valence-corrected chi connectivity index (χ4v) is 6.80. The first kappa shape index (κ1) is 19.1. The van der Waals surface area contributed by atoms with Gasteiger partial charge in [0.05, 0.1) is 12.7 Å². The van der Waals surface area contributed by atoms with Gasteiger partial charge in [0.25, 0.3) is 0 Å². The Balaban J connectivity index is 1.59. The average molecular weight is 392 g/mol. The highest BCUT2D eigenvalue weighted by molar-refractivity contribution is 5.46. The Kier molecular flexibility index (Phi) is 4.34. The fraction of sp³-hybridized carbons (Fsp3) is 0.538. The maximum atomic E-state index is 11.0. The molecule has 2 aromatic carbocycles. The lowest BCUT2D eigenvalue weighted by atomic mass is 9.48. The minimum absolute atomic E-state index is 0.159. The second-order valence-electron chi connectivity index (χ2n) is 10.2. The maximum Gasteiger partial charge on any atom is 0.119 e. The first-order valence-corrected chi connectivity index (χ1v) is 11.0. The van der Waals surface area contributed by atoms with Crippen LogP contribution in [0.1, 0.15) is 50.3 Å². The minimum atomic E-state index is -0.652. The predicted octanol–water partition coefficient (Wildman–Crippen LogP) is 4.56. The van der Waals surface area contributed by atoms with Crippen LogP contribution in [0, 0.1) is 11.8 Å². The van der Waals surface area contributed by atoms with Gasteiger partial charge in [-0.05, 0) is 73.3 Å². The number of hydrogen-bond acceptors (Lipinski definition) is 3. The number of methoxy groups -OCH3 is 1. The van der Waals surface area contributed by atoms with Gasteiger partial charge in [-0.2, -0.15) is 0 Å². The van der Waals surface area contributed by atoms with Crippen LogP contribution in [0.4, 0.5) is 0 Å². The van der Waals surface area contributed by atoms with Gasteiger partial charge in [-0.15, -0.1) is 0 Å². The van der Waals surface area contributed by atoms with E-state index in [0.717, 1.165) is 31.6 Å². The first-order valence-electron chi connectivity index (χ1n) is 11.0. The summed E-state index contributed by atoms with van der Waals surface area (Å²) < 4.78 is 5.57. The molecule has 3 fully saturated rings. The second-order valence-corrected chi connectivity index (χ2v) is 10.2. The lowest BCUT2D eigenvalue weighted by Crippen LogP contribution is -2.70. The summed E-state index contributed by atoms with van der Waals surface area (Å²) in [5.41, 5.74) is 3.84. The zero-order chi connectivity index (χ0) is 20.4. The number of aliphatic hydroxyl groups is 1. The van der Waals surface area contributed by atoms with Crippen molar-refractivity contribution in [3.8, 4) is 5.75 Å². The normalized spacial score (nSPS) is 33.4. The van der Waals surface area contributed by atoms with Crippen LogP contribution < -0.4 is 4.74 Å². The fourth-order valence-electron chi connectivity index (χ4n) is 6.80. The van der Waals surface area contributed by atoms with Crippen molar-refractivity contribution in [2.45, 2.75) is 69.7 Å². The Hall–Kier alpha value is -1.84. The third kappa shape index (κ3) is 2.93. The molecule has 2 aliphatic heterocycles. The molecule has 0 spiro atoms. The van der Waals surface area contributed by atoms with Gasteiger partial charge in [0.2, 0.25) is 0 Å². The Morgan fingerprint density at radius 2 is 1.90 bits per heavy atom. The van der Waals surface area contributed by atoms with Crippen LogP contribution in [0.2, 0.25) is 0 Å². The minimum Gasteiger partial charge on any atom is -0.497 e. The molecule has 0 aromatic heterocycles. The van der Waals surface area contributed by atoms with Gasteiger partial charge in [-0.3, -0.25) is 4.90 Å². The Bertz CT molecular complexity index is 903. The molecule has 0 radical (unpaired) electrons. The summed E-state index contributed by atoms with van der Waals surface area (Å²) in [5.74, 6) is 1.84. The molecular formula is C26H33NO2. The molecule has 0 amide bonds. The third-order valence-electron chi connectivity index (χ3n) is 8.22. The summed E-state index contributed by atoms with van der Waals surface area (Å²) in [5, 5.41) is 11.0. The molecule has 5 unspecified atom stereocenters. The van der Waals surface area contributed by atoms with E-state index < -0.39 is 5.60 Å². The lowest BCUT2D eigenvalue weighted by molar-refractivity contribution is -0.156. The molecule has 2 aromatic rings. The van der Waals surface area contributed by atoms with Crippen molar-refractivity contribution >= 4 is 0 Å². The van der Waals surface area contributed by atoms with E-state index in [1.807, 2.05) is 13.8 Å². The van der Waals surface area contributed by atoms with Gasteiger partial charge in [-0.1, -0.05) is 43.3 Å². The van der Waals surface area contributed by atoms with Crippen molar-refractivity contribution in [1.29, 1.82) is 0 Å². The summed E-state index contributed by atoms with van der Waals surface area (Å²) in [6.07, 6.45) is 3.31. The number of piperidine rings is 2. The first-order chi connectivity index (χ1) is 13.8. The molecular weight excluding hydrogens is 358 g/mol. The predicted molar refractivity (Wildman–Crippen MR) is 116 cm³/mol.